The van der Waals surface area contributed by atoms with Crippen molar-refractivity contribution >= 4 is 29.2 Å². The van der Waals surface area contributed by atoms with Crippen LogP contribution in [0.5, 0.6) is 0 Å². The van der Waals surface area contributed by atoms with Crippen LogP contribution in [0.2, 0.25) is 0 Å². The number of rotatable bonds is 5. The van der Waals surface area contributed by atoms with Gasteiger partial charge in [-0.15, -0.1) is 0 Å². The van der Waals surface area contributed by atoms with Crippen molar-refractivity contribution in [2.45, 2.75) is 5.75 Å². The molecular formula is C11H11N3O3S. The molecule has 0 aliphatic heterocycles. The summed E-state index contributed by atoms with van der Waals surface area (Å²) in [6, 6.07) is 6.61. The SMILES string of the molecule is CSCc1ccc(Nc2ccc([N+](=O)[O-])cn2)o1. The van der Waals surface area contributed by atoms with Crippen LogP contribution < -0.4 is 5.32 Å². The van der Waals surface area contributed by atoms with Gasteiger partial charge in [0.25, 0.3) is 5.69 Å². The van der Waals surface area contributed by atoms with E-state index in [0.29, 0.717) is 11.7 Å². The van der Waals surface area contributed by atoms with Crippen molar-refractivity contribution in [2.24, 2.45) is 0 Å². The van der Waals surface area contributed by atoms with Gasteiger partial charge in [-0.05, 0) is 18.4 Å². The fourth-order valence-electron chi connectivity index (χ4n) is 1.36. The maximum absolute atomic E-state index is 10.5. The van der Waals surface area contributed by atoms with Crippen LogP contribution in [-0.2, 0) is 5.75 Å². The lowest BCUT2D eigenvalue weighted by molar-refractivity contribution is -0.385. The second-order valence-corrected chi connectivity index (χ2v) is 4.35. The van der Waals surface area contributed by atoms with Gasteiger partial charge >= 0.3 is 0 Å². The Morgan fingerprint density at radius 1 is 1.44 bits per heavy atom. The molecule has 0 amide bonds. The molecular weight excluding hydrogens is 254 g/mol. The number of pyridine rings is 1. The van der Waals surface area contributed by atoms with E-state index in [0.717, 1.165) is 11.5 Å². The van der Waals surface area contributed by atoms with Crippen LogP contribution >= 0.6 is 11.8 Å². The monoisotopic (exact) mass is 265 g/mol. The van der Waals surface area contributed by atoms with Gasteiger partial charge in [0.2, 0.25) is 0 Å². The van der Waals surface area contributed by atoms with Crippen molar-refractivity contribution in [1.82, 2.24) is 4.98 Å². The first-order valence-corrected chi connectivity index (χ1v) is 6.53. The smallest absolute Gasteiger partial charge is 0.287 e. The van der Waals surface area contributed by atoms with E-state index in [1.807, 2.05) is 12.3 Å². The molecule has 0 saturated heterocycles. The van der Waals surface area contributed by atoms with E-state index in [4.69, 9.17) is 4.42 Å². The third-order valence-corrected chi connectivity index (χ3v) is 2.73. The lowest BCUT2D eigenvalue weighted by atomic mass is 10.4. The van der Waals surface area contributed by atoms with Gasteiger partial charge in [-0.3, -0.25) is 10.1 Å². The summed E-state index contributed by atoms with van der Waals surface area (Å²) in [4.78, 5) is 13.9. The van der Waals surface area contributed by atoms with Gasteiger partial charge in [-0.2, -0.15) is 11.8 Å². The second kappa shape index (κ2) is 5.54. The molecule has 0 fully saturated rings. The topological polar surface area (TPSA) is 81.2 Å². The number of thioether (sulfide) groups is 1. The molecule has 0 aromatic carbocycles. The number of anilines is 2. The highest BCUT2D eigenvalue weighted by molar-refractivity contribution is 7.97. The van der Waals surface area contributed by atoms with Crippen molar-refractivity contribution < 1.29 is 9.34 Å². The molecule has 2 rings (SSSR count). The average Bonchev–Trinajstić information content (AvgIpc) is 2.78. The maximum Gasteiger partial charge on any atom is 0.287 e. The zero-order chi connectivity index (χ0) is 13.0. The first kappa shape index (κ1) is 12.4. The van der Waals surface area contributed by atoms with Gasteiger partial charge < -0.3 is 9.73 Å². The third-order valence-electron chi connectivity index (χ3n) is 2.16. The molecule has 0 radical (unpaired) electrons. The molecule has 6 nitrogen and oxygen atoms in total. The van der Waals surface area contributed by atoms with Gasteiger partial charge in [-0.1, -0.05) is 0 Å². The normalized spacial score (nSPS) is 10.3. The Morgan fingerprint density at radius 2 is 2.28 bits per heavy atom. The Balaban J connectivity index is 2.06. The molecule has 0 unspecified atom stereocenters. The lowest BCUT2D eigenvalue weighted by Gasteiger charge is -2.01. The third kappa shape index (κ3) is 3.01. The Bertz CT molecular complexity index is 539. The fraction of sp³-hybridized carbons (Fsp3) is 0.182. The van der Waals surface area contributed by atoms with E-state index in [1.54, 1.807) is 17.8 Å². The minimum absolute atomic E-state index is 0.0388. The van der Waals surface area contributed by atoms with Gasteiger partial charge in [-0.25, -0.2) is 4.98 Å². The van der Waals surface area contributed by atoms with Gasteiger partial charge in [0.05, 0.1) is 10.7 Å². The second-order valence-electron chi connectivity index (χ2n) is 3.48. The molecule has 7 heteroatoms. The van der Waals surface area contributed by atoms with Crippen LogP contribution in [0, 0.1) is 10.1 Å². The highest BCUT2D eigenvalue weighted by Crippen LogP contribution is 2.21. The average molecular weight is 265 g/mol. The highest BCUT2D eigenvalue weighted by atomic mass is 32.2. The van der Waals surface area contributed by atoms with E-state index < -0.39 is 4.92 Å². The van der Waals surface area contributed by atoms with Gasteiger partial charge in [0.1, 0.15) is 17.8 Å². The standard InChI is InChI=1S/C11H11N3O3S/c1-18-7-9-3-5-11(17-9)13-10-4-2-8(6-12-10)14(15)16/h2-6H,7H2,1H3,(H,12,13). The molecule has 2 aromatic heterocycles. The highest BCUT2D eigenvalue weighted by Gasteiger charge is 2.06. The molecule has 0 aliphatic carbocycles. The predicted octanol–water partition coefficient (Wildman–Crippen LogP) is 3.19. The quantitative estimate of drug-likeness (QED) is 0.660. The number of furan rings is 1. The summed E-state index contributed by atoms with van der Waals surface area (Å²) in [5, 5.41) is 13.4. The van der Waals surface area contributed by atoms with Crippen LogP contribution in [0.3, 0.4) is 0 Å². The van der Waals surface area contributed by atoms with Crippen LogP contribution in [0.4, 0.5) is 17.4 Å². The summed E-state index contributed by atoms with van der Waals surface area (Å²) < 4.78 is 5.50. The first-order valence-electron chi connectivity index (χ1n) is 5.14. The molecule has 1 N–H and O–H groups in total. The molecule has 0 saturated carbocycles. The maximum atomic E-state index is 10.5. The van der Waals surface area contributed by atoms with Crippen molar-refractivity contribution in [1.29, 1.82) is 0 Å². The number of nitrogens with zero attached hydrogens (tertiary/aromatic N) is 2. The Hall–Kier alpha value is -2.02. The van der Waals surface area contributed by atoms with Crippen molar-refractivity contribution in [2.75, 3.05) is 11.6 Å². The van der Waals surface area contributed by atoms with E-state index in [9.17, 15) is 10.1 Å². The van der Waals surface area contributed by atoms with Crippen molar-refractivity contribution in [3.05, 3.63) is 46.3 Å². The Morgan fingerprint density at radius 3 is 2.89 bits per heavy atom. The lowest BCUT2D eigenvalue weighted by Crippen LogP contribution is -1.94. The van der Waals surface area contributed by atoms with Crippen molar-refractivity contribution in [3.63, 3.8) is 0 Å². The molecule has 94 valence electrons. The molecule has 2 aromatic rings. The minimum Gasteiger partial charge on any atom is -0.444 e. The number of hydrogen-bond donors (Lipinski definition) is 1. The largest absolute Gasteiger partial charge is 0.444 e. The summed E-state index contributed by atoms with van der Waals surface area (Å²) >= 11 is 1.67. The zero-order valence-corrected chi connectivity index (χ0v) is 10.4. The van der Waals surface area contributed by atoms with E-state index in [1.165, 1.54) is 18.3 Å². The predicted molar refractivity (Wildman–Crippen MR) is 70.1 cm³/mol. The number of hydrogen-bond acceptors (Lipinski definition) is 6. The molecule has 18 heavy (non-hydrogen) atoms. The van der Waals surface area contributed by atoms with Crippen LogP contribution in [0.15, 0.2) is 34.9 Å². The molecule has 0 spiro atoms. The Kier molecular flexibility index (Phi) is 3.83. The molecule has 2 heterocycles. The van der Waals surface area contributed by atoms with Gasteiger partial charge in [0.15, 0.2) is 5.88 Å². The minimum atomic E-state index is -0.486. The van der Waals surface area contributed by atoms with E-state index >= 15 is 0 Å². The molecule has 0 atom stereocenters. The van der Waals surface area contributed by atoms with Crippen LogP contribution in [-0.4, -0.2) is 16.2 Å². The van der Waals surface area contributed by atoms with Crippen LogP contribution in [0.1, 0.15) is 5.76 Å². The number of nitrogens with one attached hydrogen (secondary N) is 1. The Labute approximate surface area is 108 Å². The molecule has 0 aliphatic rings. The summed E-state index contributed by atoms with van der Waals surface area (Å²) in [5.74, 6) is 2.74. The summed E-state index contributed by atoms with van der Waals surface area (Å²) in [6.07, 6.45) is 3.20. The number of aromatic nitrogens is 1. The van der Waals surface area contributed by atoms with Gasteiger partial charge in [0, 0.05) is 12.1 Å². The summed E-state index contributed by atoms with van der Waals surface area (Å²) in [6.45, 7) is 0. The fourth-order valence-corrected chi connectivity index (χ4v) is 1.80. The summed E-state index contributed by atoms with van der Waals surface area (Å²) in [5.41, 5.74) is -0.0388. The van der Waals surface area contributed by atoms with E-state index in [-0.39, 0.29) is 5.69 Å². The zero-order valence-electron chi connectivity index (χ0n) is 9.62. The van der Waals surface area contributed by atoms with Crippen LogP contribution in [0.25, 0.3) is 0 Å². The van der Waals surface area contributed by atoms with E-state index in [2.05, 4.69) is 10.3 Å². The number of nitro groups is 1. The summed E-state index contributed by atoms with van der Waals surface area (Å²) in [7, 11) is 0. The first-order chi connectivity index (χ1) is 8.69. The van der Waals surface area contributed by atoms with Crippen molar-refractivity contribution in [3.8, 4) is 0 Å². The molecule has 0 bridgehead atoms.